The summed E-state index contributed by atoms with van der Waals surface area (Å²) in [6.07, 6.45) is -0.427. The summed E-state index contributed by atoms with van der Waals surface area (Å²) in [4.78, 5) is 20.6. The van der Waals surface area contributed by atoms with E-state index in [1.807, 2.05) is 0 Å². The second-order valence-corrected chi connectivity index (χ2v) is 1.62. The Kier molecular flexibility index (Phi) is 9.11. The Hall–Kier alpha value is 0.476. The molecular formula is C6H9KO4. The Bertz CT molecular complexity index is 164. The number of aliphatic hydroxyl groups excluding tert-OH is 1. The number of esters is 2. The van der Waals surface area contributed by atoms with Gasteiger partial charge in [0.25, 0.3) is 0 Å². The molecule has 0 aromatic carbocycles. The fraction of sp³-hybridized carbons (Fsp3) is 0.333. The summed E-state index contributed by atoms with van der Waals surface area (Å²) in [6.45, 7) is 4.27. The van der Waals surface area contributed by atoms with Crippen LogP contribution >= 0.6 is 0 Å². The molecule has 0 bridgehead atoms. The van der Waals surface area contributed by atoms with E-state index in [-0.39, 0.29) is 51.4 Å². The van der Waals surface area contributed by atoms with Gasteiger partial charge < -0.3 is 9.84 Å². The molecule has 1 N–H and O–H groups in total. The van der Waals surface area contributed by atoms with Crippen molar-refractivity contribution < 1.29 is 19.4 Å². The molecule has 0 aliphatic rings. The molecule has 0 aromatic heterocycles. The van der Waals surface area contributed by atoms with E-state index in [0.29, 0.717) is 0 Å². The van der Waals surface area contributed by atoms with Gasteiger partial charge in [-0.15, -0.1) is 0 Å². The van der Waals surface area contributed by atoms with Crippen LogP contribution in [-0.4, -0.2) is 74.5 Å². The van der Waals surface area contributed by atoms with Crippen molar-refractivity contribution in [3.63, 3.8) is 0 Å². The average Bonchev–Trinajstić information content (AvgIpc) is 1.87. The van der Waals surface area contributed by atoms with Gasteiger partial charge in [0.05, 0.1) is 0 Å². The van der Waals surface area contributed by atoms with Crippen LogP contribution in [0.15, 0.2) is 12.7 Å². The molecule has 0 heterocycles. The summed E-state index contributed by atoms with van der Waals surface area (Å²) in [6, 6.07) is 0. The summed E-state index contributed by atoms with van der Waals surface area (Å²) >= 11 is 0. The summed E-state index contributed by atoms with van der Waals surface area (Å²) in [5.74, 6) is -1.82. The summed E-state index contributed by atoms with van der Waals surface area (Å²) < 4.78 is 4.02. The van der Waals surface area contributed by atoms with Crippen LogP contribution in [0.25, 0.3) is 0 Å². The van der Waals surface area contributed by atoms with Crippen LogP contribution < -0.4 is 0 Å². The Balaban J connectivity index is 0. The van der Waals surface area contributed by atoms with Crippen molar-refractivity contribution in [1.82, 2.24) is 0 Å². The number of carbonyl (C=O) groups excluding carboxylic acids is 2. The maximum atomic E-state index is 10.4. The van der Waals surface area contributed by atoms with Crippen LogP contribution in [0.1, 0.15) is 6.92 Å². The van der Waals surface area contributed by atoms with E-state index in [1.54, 1.807) is 0 Å². The first kappa shape index (κ1) is 14.0. The van der Waals surface area contributed by atoms with Gasteiger partial charge in [-0.1, -0.05) is 6.58 Å². The van der Waals surface area contributed by atoms with Gasteiger partial charge in [-0.05, 0) is 6.92 Å². The molecular weight excluding hydrogens is 175 g/mol. The average molecular weight is 184 g/mol. The molecule has 0 aliphatic heterocycles. The third kappa shape index (κ3) is 6.86. The first-order valence-corrected chi connectivity index (χ1v) is 2.64. The molecule has 5 heteroatoms. The molecule has 0 saturated heterocycles. The van der Waals surface area contributed by atoms with Gasteiger partial charge in [0.2, 0.25) is 0 Å². The third-order valence-electron chi connectivity index (χ3n) is 0.709. The number of hydrogen-bond acceptors (Lipinski definition) is 4. The fourth-order valence-electron chi connectivity index (χ4n) is 0.226. The van der Waals surface area contributed by atoms with Crippen molar-refractivity contribution in [2.45, 2.75) is 13.0 Å². The molecule has 0 radical (unpaired) electrons. The maximum absolute atomic E-state index is 10.4. The molecule has 0 aliphatic carbocycles. The quantitative estimate of drug-likeness (QED) is 0.258. The molecule has 4 nitrogen and oxygen atoms in total. The standard InChI is InChI=1S/C6H8O4.K.H/c1-3-5(8)10-6(9)4(2)7;;/h3-4,7H,1H2,2H3;;. The molecule has 0 fully saturated rings. The van der Waals surface area contributed by atoms with Gasteiger partial charge in [0.15, 0.2) is 0 Å². The number of ether oxygens (including phenoxy) is 1. The van der Waals surface area contributed by atoms with Crippen LogP contribution in [0.3, 0.4) is 0 Å². The topological polar surface area (TPSA) is 63.6 Å². The van der Waals surface area contributed by atoms with Crippen molar-refractivity contribution in [2.24, 2.45) is 0 Å². The molecule has 0 rings (SSSR count). The van der Waals surface area contributed by atoms with Gasteiger partial charge in [-0.25, -0.2) is 9.59 Å². The second kappa shape index (κ2) is 7.14. The first-order valence-electron chi connectivity index (χ1n) is 2.64. The Morgan fingerprint density at radius 1 is 1.64 bits per heavy atom. The zero-order valence-electron chi connectivity index (χ0n) is 5.53. The van der Waals surface area contributed by atoms with E-state index in [2.05, 4.69) is 11.3 Å². The SMILES string of the molecule is C=CC(=O)OC(=O)C(C)O.[KH]. The fourth-order valence-corrected chi connectivity index (χ4v) is 0.226. The first-order chi connectivity index (χ1) is 4.57. The second-order valence-electron chi connectivity index (χ2n) is 1.62. The summed E-state index contributed by atoms with van der Waals surface area (Å²) in [5.41, 5.74) is 0. The van der Waals surface area contributed by atoms with Crippen LogP contribution in [-0.2, 0) is 14.3 Å². The van der Waals surface area contributed by atoms with Crippen LogP contribution in [0.4, 0.5) is 0 Å². The number of hydrogen-bond donors (Lipinski definition) is 1. The van der Waals surface area contributed by atoms with Crippen LogP contribution in [0, 0.1) is 0 Å². The van der Waals surface area contributed by atoms with Crippen molar-refractivity contribution >= 4 is 63.3 Å². The molecule has 1 atom stereocenters. The number of rotatable bonds is 2. The van der Waals surface area contributed by atoms with E-state index in [9.17, 15) is 9.59 Å². The van der Waals surface area contributed by atoms with E-state index >= 15 is 0 Å². The molecule has 0 saturated carbocycles. The zero-order chi connectivity index (χ0) is 8.15. The molecule has 0 amide bonds. The number of carbonyl (C=O) groups is 2. The molecule has 1 unspecified atom stereocenters. The molecule has 0 spiro atoms. The van der Waals surface area contributed by atoms with E-state index in [0.717, 1.165) is 6.08 Å². The minimum absolute atomic E-state index is 0. The van der Waals surface area contributed by atoms with E-state index in [1.165, 1.54) is 6.92 Å². The van der Waals surface area contributed by atoms with Crippen molar-refractivity contribution in [3.8, 4) is 0 Å². The predicted molar refractivity (Wildman–Crippen MR) is 40.1 cm³/mol. The molecule has 0 aromatic rings. The number of aliphatic hydroxyl groups is 1. The van der Waals surface area contributed by atoms with Gasteiger partial charge in [0.1, 0.15) is 6.10 Å². The minimum atomic E-state index is -1.27. The monoisotopic (exact) mass is 184 g/mol. The van der Waals surface area contributed by atoms with Crippen molar-refractivity contribution in [3.05, 3.63) is 12.7 Å². The predicted octanol–water partition coefficient (Wildman–Crippen LogP) is -1.03. The third-order valence-corrected chi connectivity index (χ3v) is 0.709. The zero-order valence-corrected chi connectivity index (χ0v) is 5.53. The Labute approximate surface area is 107 Å². The van der Waals surface area contributed by atoms with Gasteiger partial charge in [-0.2, -0.15) is 0 Å². The van der Waals surface area contributed by atoms with E-state index in [4.69, 9.17) is 5.11 Å². The Morgan fingerprint density at radius 3 is 2.36 bits per heavy atom. The molecule has 58 valence electrons. The van der Waals surface area contributed by atoms with Crippen molar-refractivity contribution in [2.75, 3.05) is 0 Å². The van der Waals surface area contributed by atoms with Gasteiger partial charge in [0, 0.05) is 6.08 Å². The Morgan fingerprint density at radius 2 is 2.09 bits per heavy atom. The van der Waals surface area contributed by atoms with Crippen LogP contribution in [0.5, 0.6) is 0 Å². The summed E-state index contributed by atoms with van der Waals surface area (Å²) in [7, 11) is 0. The van der Waals surface area contributed by atoms with Gasteiger partial charge in [-0.3, -0.25) is 0 Å². The summed E-state index contributed by atoms with van der Waals surface area (Å²) in [5, 5.41) is 8.50. The van der Waals surface area contributed by atoms with Crippen molar-refractivity contribution in [1.29, 1.82) is 0 Å². The van der Waals surface area contributed by atoms with E-state index < -0.39 is 18.0 Å². The normalized spacial score (nSPS) is 10.7. The van der Waals surface area contributed by atoms with Crippen LogP contribution in [0.2, 0.25) is 0 Å². The van der Waals surface area contributed by atoms with Gasteiger partial charge >= 0.3 is 63.3 Å². The molecule has 11 heavy (non-hydrogen) atoms.